The second-order valence-corrected chi connectivity index (χ2v) is 7.03. The van der Waals surface area contributed by atoms with E-state index < -0.39 is 0 Å². The van der Waals surface area contributed by atoms with Gasteiger partial charge in [-0.3, -0.25) is 4.79 Å². The van der Waals surface area contributed by atoms with Gasteiger partial charge in [0.2, 0.25) is 5.91 Å². The topological polar surface area (TPSA) is 59.1 Å². The molecule has 1 aliphatic heterocycles. The lowest BCUT2D eigenvalue weighted by Crippen LogP contribution is -2.52. The van der Waals surface area contributed by atoms with Crippen LogP contribution in [0, 0.1) is 0 Å². The van der Waals surface area contributed by atoms with Crippen molar-refractivity contribution in [1.82, 2.24) is 9.80 Å². The average molecular weight is 396 g/mol. The van der Waals surface area contributed by atoms with E-state index in [1.165, 1.54) is 0 Å². The van der Waals surface area contributed by atoms with E-state index in [0.29, 0.717) is 39.2 Å². The van der Waals surface area contributed by atoms with Crippen molar-refractivity contribution in [2.45, 2.75) is 19.3 Å². The first kappa shape index (κ1) is 20.7. The highest BCUT2D eigenvalue weighted by molar-refractivity contribution is 5.84. The summed E-state index contributed by atoms with van der Waals surface area (Å²) in [5.74, 6) is 0.507. The van der Waals surface area contributed by atoms with Gasteiger partial charge in [-0.15, -0.1) is 0 Å². The number of hydrogen-bond acceptors (Lipinski definition) is 4. The van der Waals surface area contributed by atoms with Crippen molar-refractivity contribution in [2.24, 2.45) is 0 Å². The summed E-state index contributed by atoms with van der Waals surface area (Å²) in [7, 11) is 1.63. The van der Waals surface area contributed by atoms with Crippen LogP contribution >= 0.6 is 0 Å². The predicted molar refractivity (Wildman–Crippen MR) is 111 cm³/mol. The summed E-state index contributed by atoms with van der Waals surface area (Å²) in [5, 5.41) is 0. The third-order valence-electron chi connectivity index (χ3n) is 5.19. The Hall–Kier alpha value is -3.02. The molecule has 6 heteroatoms. The zero-order valence-electron chi connectivity index (χ0n) is 17.0. The Kier molecular flexibility index (Phi) is 7.11. The maximum atomic E-state index is 13.5. The van der Waals surface area contributed by atoms with Crippen LogP contribution in [0.25, 0.3) is 0 Å². The maximum Gasteiger partial charge on any atom is 0.409 e. The fourth-order valence-electron chi connectivity index (χ4n) is 3.60. The van der Waals surface area contributed by atoms with Crippen molar-refractivity contribution in [1.29, 1.82) is 0 Å². The minimum atomic E-state index is -0.312. The van der Waals surface area contributed by atoms with E-state index >= 15 is 0 Å². The molecule has 1 unspecified atom stereocenters. The van der Waals surface area contributed by atoms with Gasteiger partial charge in [-0.1, -0.05) is 42.5 Å². The molecule has 29 heavy (non-hydrogen) atoms. The number of benzene rings is 2. The third kappa shape index (κ3) is 5.28. The van der Waals surface area contributed by atoms with E-state index in [-0.39, 0.29) is 17.9 Å². The maximum absolute atomic E-state index is 13.5. The molecule has 1 fully saturated rings. The van der Waals surface area contributed by atoms with E-state index in [1.54, 1.807) is 18.9 Å². The number of ether oxygens (including phenoxy) is 2. The highest BCUT2D eigenvalue weighted by Crippen LogP contribution is 2.27. The molecule has 0 aromatic heterocycles. The summed E-state index contributed by atoms with van der Waals surface area (Å²) in [4.78, 5) is 28.9. The molecular formula is C23H28N2O4. The van der Waals surface area contributed by atoms with Crippen LogP contribution in [0.15, 0.2) is 54.6 Å². The van der Waals surface area contributed by atoms with Crippen LogP contribution in [0.3, 0.4) is 0 Å². The van der Waals surface area contributed by atoms with E-state index in [1.807, 2.05) is 59.5 Å². The SMILES string of the molecule is CCOC(=O)N1CCN(C(=O)C(Cc2ccccc2)c2cccc(OC)c2)CC1. The van der Waals surface area contributed by atoms with Crippen LogP contribution < -0.4 is 4.74 Å². The first-order valence-electron chi connectivity index (χ1n) is 10.0. The summed E-state index contributed by atoms with van der Waals surface area (Å²) in [6.45, 7) is 4.13. The molecule has 0 saturated carbocycles. The number of nitrogens with zero attached hydrogens (tertiary/aromatic N) is 2. The van der Waals surface area contributed by atoms with Crippen molar-refractivity contribution in [3.8, 4) is 5.75 Å². The summed E-state index contributed by atoms with van der Waals surface area (Å²) in [6.07, 6.45) is 0.304. The number of amides is 2. The monoisotopic (exact) mass is 396 g/mol. The Morgan fingerprint density at radius 2 is 1.66 bits per heavy atom. The summed E-state index contributed by atoms with van der Waals surface area (Å²) < 4.78 is 10.4. The van der Waals surface area contributed by atoms with Crippen molar-refractivity contribution < 1.29 is 19.1 Å². The standard InChI is InChI=1S/C23H28N2O4/c1-3-29-23(27)25-14-12-24(13-15-25)22(26)21(16-18-8-5-4-6-9-18)19-10-7-11-20(17-19)28-2/h4-11,17,21H,3,12-16H2,1-2H3. The Labute approximate surface area is 172 Å². The lowest BCUT2D eigenvalue weighted by atomic mass is 9.90. The number of carbonyl (C=O) groups is 2. The minimum Gasteiger partial charge on any atom is -0.497 e. The van der Waals surface area contributed by atoms with Crippen LogP contribution in [0.5, 0.6) is 5.75 Å². The van der Waals surface area contributed by atoms with Crippen molar-refractivity contribution in [3.63, 3.8) is 0 Å². The van der Waals surface area contributed by atoms with Crippen LogP contribution in [-0.4, -0.2) is 61.7 Å². The summed E-state index contributed by atoms with van der Waals surface area (Å²) in [6, 6.07) is 17.7. The van der Waals surface area contributed by atoms with Gasteiger partial charge >= 0.3 is 6.09 Å². The summed E-state index contributed by atoms with van der Waals surface area (Å²) in [5.41, 5.74) is 2.05. The van der Waals surface area contributed by atoms with E-state index in [0.717, 1.165) is 16.9 Å². The third-order valence-corrected chi connectivity index (χ3v) is 5.19. The fraction of sp³-hybridized carbons (Fsp3) is 0.391. The van der Waals surface area contributed by atoms with Gasteiger partial charge in [-0.05, 0) is 36.6 Å². The zero-order chi connectivity index (χ0) is 20.6. The van der Waals surface area contributed by atoms with Gasteiger partial charge in [0.05, 0.1) is 19.6 Å². The van der Waals surface area contributed by atoms with Gasteiger partial charge in [0.1, 0.15) is 5.75 Å². The number of rotatable bonds is 6. The van der Waals surface area contributed by atoms with Gasteiger partial charge in [0, 0.05) is 26.2 Å². The number of carbonyl (C=O) groups excluding carboxylic acids is 2. The minimum absolute atomic E-state index is 0.0746. The van der Waals surface area contributed by atoms with E-state index in [2.05, 4.69) is 0 Å². The van der Waals surface area contributed by atoms with Crippen LogP contribution in [0.1, 0.15) is 24.0 Å². The molecule has 0 spiro atoms. The molecule has 1 atom stereocenters. The highest BCUT2D eigenvalue weighted by Gasteiger charge is 2.30. The van der Waals surface area contributed by atoms with Crippen molar-refractivity contribution in [3.05, 3.63) is 65.7 Å². The van der Waals surface area contributed by atoms with E-state index in [9.17, 15) is 9.59 Å². The molecular weight excluding hydrogens is 368 g/mol. The molecule has 2 aromatic rings. The number of hydrogen-bond donors (Lipinski definition) is 0. The van der Waals surface area contributed by atoms with Gasteiger partial charge in [0.15, 0.2) is 0 Å². The second kappa shape index (κ2) is 9.96. The Balaban J connectivity index is 1.77. The number of methoxy groups -OCH3 is 1. The lowest BCUT2D eigenvalue weighted by Gasteiger charge is -2.36. The molecule has 0 N–H and O–H groups in total. The second-order valence-electron chi connectivity index (χ2n) is 7.03. The molecule has 1 heterocycles. The first-order chi connectivity index (χ1) is 14.1. The first-order valence-corrected chi connectivity index (χ1v) is 10.0. The molecule has 0 bridgehead atoms. The molecule has 6 nitrogen and oxygen atoms in total. The van der Waals surface area contributed by atoms with Crippen LogP contribution in [0.2, 0.25) is 0 Å². The molecule has 0 radical (unpaired) electrons. The summed E-state index contributed by atoms with van der Waals surface area (Å²) >= 11 is 0. The van der Waals surface area contributed by atoms with E-state index in [4.69, 9.17) is 9.47 Å². The zero-order valence-corrected chi connectivity index (χ0v) is 17.0. The van der Waals surface area contributed by atoms with Crippen molar-refractivity contribution in [2.75, 3.05) is 39.9 Å². The van der Waals surface area contributed by atoms with Crippen LogP contribution in [-0.2, 0) is 16.0 Å². The molecule has 3 rings (SSSR count). The number of piperazine rings is 1. The molecule has 2 amide bonds. The van der Waals surface area contributed by atoms with Gasteiger partial charge < -0.3 is 19.3 Å². The molecule has 1 saturated heterocycles. The van der Waals surface area contributed by atoms with Gasteiger partial charge in [-0.2, -0.15) is 0 Å². The normalized spacial score (nSPS) is 15.0. The molecule has 154 valence electrons. The van der Waals surface area contributed by atoms with Gasteiger partial charge in [0.25, 0.3) is 0 Å². The Bertz CT molecular complexity index is 817. The van der Waals surface area contributed by atoms with Crippen LogP contribution in [0.4, 0.5) is 4.79 Å². The Morgan fingerprint density at radius 3 is 2.31 bits per heavy atom. The predicted octanol–water partition coefficient (Wildman–Crippen LogP) is 3.32. The fourth-order valence-corrected chi connectivity index (χ4v) is 3.60. The Morgan fingerprint density at radius 1 is 0.966 bits per heavy atom. The average Bonchev–Trinajstić information content (AvgIpc) is 2.78. The molecule has 1 aliphatic rings. The quantitative estimate of drug-likeness (QED) is 0.752. The van der Waals surface area contributed by atoms with Gasteiger partial charge in [-0.25, -0.2) is 4.79 Å². The smallest absolute Gasteiger partial charge is 0.409 e. The highest BCUT2D eigenvalue weighted by atomic mass is 16.6. The largest absolute Gasteiger partial charge is 0.497 e. The lowest BCUT2D eigenvalue weighted by molar-refractivity contribution is -0.134. The molecule has 2 aromatic carbocycles. The molecule has 0 aliphatic carbocycles. The van der Waals surface area contributed by atoms with Crippen molar-refractivity contribution >= 4 is 12.0 Å².